The lowest BCUT2D eigenvalue weighted by Crippen LogP contribution is -2.25. The second-order valence-corrected chi connectivity index (χ2v) is 5.22. The minimum atomic E-state index is -0.252. The van der Waals surface area contributed by atoms with Crippen molar-refractivity contribution in [2.75, 3.05) is 6.54 Å². The number of carbonyl (C=O) groups is 1. The van der Waals surface area contributed by atoms with Crippen LogP contribution < -0.4 is 11.1 Å². The van der Waals surface area contributed by atoms with Crippen molar-refractivity contribution in [2.45, 2.75) is 40.3 Å². The number of nitrogens with two attached hydrogens (primary N) is 1. The molecule has 4 nitrogen and oxygen atoms in total. The number of amides is 1. The predicted octanol–water partition coefficient (Wildman–Crippen LogP) is 1.92. The molecule has 4 heteroatoms. The number of nitrogens with zero attached hydrogens (tertiary/aromatic N) is 1. The van der Waals surface area contributed by atoms with Crippen molar-refractivity contribution in [3.63, 3.8) is 0 Å². The summed E-state index contributed by atoms with van der Waals surface area (Å²) < 4.78 is 2.04. The van der Waals surface area contributed by atoms with E-state index < -0.39 is 0 Å². The van der Waals surface area contributed by atoms with E-state index >= 15 is 0 Å². The minimum absolute atomic E-state index is 0.137. The molecule has 2 unspecified atom stereocenters. The molecule has 1 aromatic heterocycles. The van der Waals surface area contributed by atoms with Gasteiger partial charge in [-0.2, -0.15) is 0 Å². The number of hydrogen-bond donors (Lipinski definition) is 2. The van der Waals surface area contributed by atoms with Crippen molar-refractivity contribution in [3.05, 3.63) is 24.0 Å². The van der Waals surface area contributed by atoms with Crippen LogP contribution in [0.4, 0.5) is 0 Å². The van der Waals surface area contributed by atoms with Gasteiger partial charge in [-0.3, -0.25) is 4.79 Å². The Morgan fingerprint density at radius 3 is 2.61 bits per heavy atom. The van der Waals surface area contributed by atoms with E-state index in [0.717, 1.165) is 6.54 Å². The molecule has 0 aromatic carbocycles. The second kappa shape index (κ2) is 6.59. The van der Waals surface area contributed by atoms with Crippen molar-refractivity contribution in [1.82, 2.24) is 9.88 Å². The number of rotatable bonds is 7. The molecule has 0 aliphatic heterocycles. The van der Waals surface area contributed by atoms with Gasteiger partial charge in [0.1, 0.15) is 0 Å². The zero-order valence-corrected chi connectivity index (χ0v) is 11.8. The van der Waals surface area contributed by atoms with Crippen LogP contribution in [0, 0.1) is 11.8 Å². The standard InChI is InChI=1S/C14H25N3O/c1-5-16-13(10(2)3)12-6-7-17(9-12)8-11(4)14(15)18/h6-7,9-11,13,16H,5,8H2,1-4H3,(H2,15,18). The first-order valence-electron chi connectivity index (χ1n) is 6.64. The fourth-order valence-electron chi connectivity index (χ4n) is 2.12. The van der Waals surface area contributed by atoms with Gasteiger partial charge in [0.15, 0.2) is 0 Å². The van der Waals surface area contributed by atoms with Gasteiger partial charge in [0.2, 0.25) is 5.91 Å². The lowest BCUT2D eigenvalue weighted by atomic mass is 9.98. The predicted molar refractivity (Wildman–Crippen MR) is 74.0 cm³/mol. The third-order valence-electron chi connectivity index (χ3n) is 3.19. The Labute approximate surface area is 110 Å². The number of aromatic nitrogens is 1. The summed E-state index contributed by atoms with van der Waals surface area (Å²) in [4.78, 5) is 11.1. The van der Waals surface area contributed by atoms with Gasteiger partial charge in [-0.1, -0.05) is 27.7 Å². The van der Waals surface area contributed by atoms with E-state index in [1.54, 1.807) is 0 Å². The van der Waals surface area contributed by atoms with Crippen LogP contribution in [0.1, 0.15) is 39.3 Å². The van der Waals surface area contributed by atoms with E-state index in [0.29, 0.717) is 18.5 Å². The molecule has 102 valence electrons. The van der Waals surface area contributed by atoms with Crippen LogP contribution in [-0.4, -0.2) is 17.0 Å². The van der Waals surface area contributed by atoms with Gasteiger partial charge >= 0.3 is 0 Å². The van der Waals surface area contributed by atoms with Gasteiger partial charge in [0.25, 0.3) is 0 Å². The molecular formula is C14H25N3O. The molecule has 0 saturated heterocycles. The molecule has 0 bridgehead atoms. The van der Waals surface area contributed by atoms with Gasteiger partial charge < -0.3 is 15.6 Å². The van der Waals surface area contributed by atoms with Crippen molar-refractivity contribution < 1.29 is 4.79 Å². The maximum Gasteiger partial charge on any atom is 0.222 e. The third kappa shape index (κ3) is 3.88. The first-order chi connectivity index (χ1) is 8.45. The lowest BCUT2D eigenvalue weighted by Gasteiger charge is -2.20. The summed E-state index contributed by atoms with van der Waals surface area (Å²) in [5.74, 6) is 0.147. The Morgan fingerprint density at radius 1 is 1.44 bits per heavy atom. The maximum atomic E-state index is 11.1. The van der Waals surface area contributed by atoms with Crippen LogP contribution in [0.2, 0.25) is 0 Å². The van der Waals surface area contributed by atoms with Gasteiger partial charge in [-0.05, 0) is 24.1 Å². The molecule has 3 N–H and O–H groups in total. The molecule has 0 saturated carbocycles. The van der Waals surface area contributed by atoms with E-state index in [-0.39, 0.29) is 11.8 Å². The molecule has 0 aliphatic rings. The summed E-state index contributed by atoms with van der Waals surface area (Å²) in [7, 11) is 0. The Bertz CT molecular complexity index is 384. The van der Waals surface area contributed by atoms with Gasteiger partial charge in [0, 0.05) is 25.0 Å². The summed E-state index contributed by atoms with van der Waals surface area (Å²) in [5, 5.41) is 3.48. The van der Waals surface area contributed by atoms with Crippen LogP contribution in [0.25, 0.3) is 0 Å². The van der Waals surface area contributed by atoms with Crippen LogP contribution in [0.5, 0.6) is 0 Å². The topological polar surface area (TPSA) is 60.1 Å². The molecule has 2 atom stereocenters. The highest BCUT2D eigenvalue weighted by Crippen LogP contribution is 2.22. The largest absolute Gasteiger partial charge is 0.369 e. The van der Waals surface area contributed by atoms with Gasteiger partial charge in [0.05, 0.1) is 5.92 Å². The van der Waals surface area contributed by atoms with E-state index in [2.05, 4.69) is 38.4 Å². The fraction of sp³-hybridized carbons (Fsp3) is 0.643. The molecule has 1 amide bonds. The Morgan fingerprint density at radius 2 is 2.11 bits per heavy atom. The number of nitrogens with one attached hydrogen (secondary N) is 1. The van der Waals surface area contributed by atoms with Crippen molar-refractivity contribution in [3.8, 4) is 0 Å². The number of primary amides is 1. The second-order valence-electron chi connectivity index (χ2n) is 5.22. The molecule has 0 aliphatic carbocycles. The molecule has 1 heterocycles. The first-order valence-corrected chi connectivity index (χ1v) is 6.64. The zero-order chi connectivity index (χ0) is 13.7. The molecule has 0 fully saturated rings. The van der Waals surface area contributed by atoms with E-state index in [9.17, 15) is 4.79 Å². The summed E-state index contributed by atoms with van der Waals surface area (Å²) >= 11 is 0. The van der Waals surface area contributed by atoms with E-state index in [1.165, 1.54) is 5.56 Å². The van der Waals surface area contributed by atoms with Gasteiger partial charge in [-0.15, -0.1) is 0 Å². The summed E-state index contributed by atoms with van der Waals surface area (Å²) in [6, 6.07) is 2.47. The highest BCUT2D eigenvalue weighted by atomic mass is 16.1. The van der Waals surface area contributed by atoms with Crippen molar-refractivity contribution in [2.24, 2.45) is 17.6 Å². The smallest absolute Gasteiger partial charge is 0.222 e. The summed E-state index contributed by atoms with van der Waals surface area (Å²) in [6.45, 7) is 9.97. The highest BCUT2D eigenvalue weighted by Gasteiger charge is 2.16. The molecule has 0 radical (unpaired) electrons. The first kappa shape index (κ1) is 14.8. The summed E-state index contributed by atoms with van der Waals surface area (Å²) in [6.07, 6.45) is 4.12. The molecular weight excluding hydrogens is 226 g/mol. The Kier molecular flexibility index (Phi) is 5.41. The Balaban J connectivity index is 2.74. The maximum absolute atomic E-state index is 11.1. The number of hydrogen-bond acceptors (Lipinski definition) is 2. The minimum Gasteiger partial charge on any atom is -0.369 e. The molecule has 1 rings (SSSR count). The molecule has 1 aromatic rings. The average Bonchev–Trinajstić information content (AvgIpc) is 2.73. The van der Waals surface area contributed by atoms with E-state index in [1.807, 2.05) is 17.7 Å². The monoisotopic (exact) mass is 251 g/mol. The third-order valence-corrected chi connectivity index (χ3v) is 3.19. The fourth-order valence-corrected chi connectivity index (χ4v) is 2.12. The van der Waals surface area contributed by atoms with Crippen LogP contribution >= 0.6 is 0 Å². The average molecular weight is 251 g/mol. The highest BCUT2D eigenvalue weighted by molar-refractivity contribution is 5.76. The SMILES string of the molecule is CCNC(c1ccn(CC(C)C(N)=O)c1)C(C)C. The van der Waals surface area contributed by atoms with Crippen molar-refractivity contribution in [1.29, 1.82) is 0 Å². The quantitative estimate of drug-likeness (QED) is 0.777. The Hall–Kier alpha value is -1.29. The van der Waals surface area contributed by atoms with Crippen molar-refractivity contribution >= 4 is 5.91 Å². The lowest BCUT2D eigenvalue weighted by molar-refractivity contribution is -0.121. The zero-order valence-electron chi connectivity index (χ0n) is 11.8. The molecule has 0 spiro atoms. The molecule has 18 heavy (non-hydrogen) atoms. The summed E-state index contributed by atoms with van der Waals surface area (Å²) in [5.41, 5.74) is 6.55. The van der Waals surface area contributed by atoms with Crippen LogP contribution in [0.15, 0.2) is 18.5 Å². The van der Waals surface area contributed by atoms with Gasteiger partial charge in [-0.25, -0.2) is 0 Å². The normalized spacial score (nSPS) is 14.7. The van der Waals surface area contributed by atoms with Crippen LogP contribution in [-0.2, 0) is 11.3 Å². The van der Waals surface area contributed by atoms with Crippen LogP contribution in [0.3, 0.4) is 0 Å². The van der Waals surface area contributed by atoms with E-state index in [4.69, 9.17) is 5.73 Å². The number of carbonyl (C=O) groups excluding carboxylic acids is 1.